The second kappa shape index (κ2) is 5.52. The van der Waals surface area contributed by atoms with E-state index in [-0.39, 0.29) is 6.08 Å². The SMILES string of the molecule is C#CCl.C=CC(F)(F)F. The van der Waals surface area contributed by atoms with Crippen LogP contribution in [0.3, 0.4) is 0 Å². The molecule has 0 bridgehead atoms. The molecule has 0 fully saturated rings. The second-order valence-electron chi connectivity index (χ2n) is 0.855. The normalized spacial score (nSPS) is 8.33. The van der Waals surface area contributed by atoms with E-state index in [1.54, 1.807) is 5.38 Å². The van der Waals surface area contributed by atoms with E-state index in [1.807, 2.05) is 0 Å². The summed E-state index contributed by atoms with van der Waals surface area (Å²) in [6, 6.07) is 0. The van der Waals surface area contributed by atoms with Crippen molar-refractivity contribution in [2.45, 2.75) is 6.18 Å². The van der Waals surface area contributed by atoms with Gasteiger partial charge in [0.25, 0.3) is 0 Å². The lowest BCUT2D eigenvalue weighted by atomic mass is 10.6. The lowest BCUT2D eigenvalue weighted by Gasteiger charge is -1.91. The summed E-state index contributed by atoms with van der Waals surface area (Å²) in [5, 5.41) is 1.72. The average Bonchev–Trinajstić information content (AvgIpc) is 1.67. The third-order valence-corrected chi connectivity index (χ3v) is 0.231. The van der Waals surface area contributed by atoms with Gasteiger partial charge in [-0.05, 0) is 11.6 Å². The van der Waals surface area contributed by atoms with Crippen LogP contribution in [0, 0.1) is 11.8 Å². The van der Waals surface area contributed by atoms with E-state index in [4.69, 9.17) is 0 Å². The number of allylic oxidation sites excluding steroid dienone is 1. The molecular formula is C5H4ClF3. The topological polar surface area (TPSA) is 0 Å². The highest BCUT2D eigenvalue weighted by Crippen LogP contribution is 2.13. The molecule has 0 saturated heterocycles. The van der Waals surface area contributed by atoms with Gasteiger partial charge in [0.15, 0.2) is 0 Å². The fourth-order valence-electron chi connectivity index (χ4n) is 0. The molecule has 9 heavy (non-hydrogen) atoms. The molecule has 0 aromatic rings. The molecule has 0 atom stereocenters. The van der Waals surface area contributed by atoms with Crippen molar-refractivity contribution in [3.8, 4) is 11.8 Å². The standard InChI is InChI=1S/C3H3F3.C2HCl/c1-2-3(4,5)6;1-2-3/h2H,1H2;1H. The van der Waals surface area contributed by atoms with Gasteiger partial charge < -0.3 is 0 Å². The lowest BCUT2D eigenvalue weighted by molar-refractivity contribution is -0.0795. The van der Waals surface area contributed by atoms with Gasteiger partial charge in [-0.25, -0.2) is 0 Å². The molecule has 0 spiro atoms. The molecule has 0 radical (unpaired) electrons. The lowest BCUT2D eigenvalue weighted by Crippen LogP contribution is -1.98. The molecule has 0 heterocycles. The van der Waals surface area contributed by atoms with Crippen molar-refractivity contribution in [3.63, 3.8) is 0 Å². The number of halogens is 4. The Labute approximate surface area is 56.3 Å². The Balaban J connectivity index is 0. The number of rotatable bonds is 0. The molecular weight excluding hydrogens is 153 g/mol. The Morgan fingerprint density at radius 1 is 1.56 bits per heavy atom. The van der Waals surface area contributed by atoms with Gasteiger partial charge in [0, 0.05) is 11.5 Å². The largest absolute Gasteiger partial charge is 0.409 e. The average molecular weight is 157 g/mol. The minimum absolute atomic E-state index is 0.0625. The number of terminal acetylenes is 1. The second-order valence-corrected chi connectivity index (χ2v) is 1.07. The van der Waals surface area contributed by atoms with Crippen LogP contribution in [0.5, 0.6) is 0 Å². The monoisotopic (exact) mass is 156 g/mol. The smallest absolute Gasteiger partial charge is 0.167 e. The first-order valence-corrected chi connectivity index (χ1v) is 2.12. The van der Waals surface area contributed by atoms with E-state index in [9.17, 15) is 13.2 Å². The summed E-state index contributed by atoms with van der Waals surface area (Å²) >= 11 is 4.53. The van der Waals surface area contributed by atoms with Crippen LogP contribution in [-0.2, 0) is 0 Å². The van der Waals surface area contributed by atoms with E-state index < -0.39 is 6.18 Å². The first-order chi connectivity index (χ1) is 3.97. The predicted molar refractivity (Wildman–Crippen MR) is 30.9 cm³/mol. The van der Waals surface area contributed by atoms with Gasteiger partial charge in [-0.3, -0.25) is 0 Å². The molecule has 4 heteroatoms. The van der Waals surface area contributed by atoms with Gasteiger partial charge in [0.2, 0.25) is 0 Å². The maximum Gasteiger partial charge on any atom is 0.409 e. The van der Waals surface area contributed by atoms with Crippen molar-refractivity contribution in [1.82, 2.24) is 0 Å². The minimum Gasteiger partial charge on any atom is -0.167 e. The van der Waals surface area contributed by atoms with E-state index >= 15 is 0 Å². The van der Waals surface area contributed by atoms with Gasteiger partial charge >= 0.3 is 6.18 Å². The van der Waals surface area contributed by atoms with Crippen LogP contribution in [0.1, 0.15) is 0 Å². The number of hydrogen-bond donors (Lipinski definition) is 0. The molecule has 0 saturated carbocycles. The fraction of sp³-hybridized carbons (Fsp3) is 0.200. The zero-order valence-corrected chi connectivity index (χ0v) is 5.13. The van der Waals surface area contributed by atoms with Crippen molar-refractivity contribution in [2.75, 3.05) is 0 Å². The Kier molecular flexibility index (Phi) is 6.87. The zero-order chi connectivity index (χ0) is 7.91. The summed E-state index contributed by atoms with van der Waals surface area (Å²) in [6.45, 7) is 2.51. The number of alkyl halides is 3. The maximum atomic E-state index is 10.7. The van der Waals surface area contributed by atoms with Gasteiger partial charge in [-0.2, -0.15) is 13.2 Å². The van der Waals surface area contributed by atoms with E-state index in [0.717, 1.165) is 0 Å². The van der Waals surface area contributed by atoms with Gasteiger partial charge in [-0.1, -0.05) is 6.58 Å². The molecule has 0 unspecified atom stereocenters. The van der Waals surface area contributed by atoms with Crippen LogP contribution >= 0.6 is 11.6 Å². The minimum atomic E-state index is -4.19. The summed E-state index contributed by atoms with van der Waals surface area (Å²) in [4.78, 5) is 0. The first kappa shape index (κ1) is 11.2. The van der Waals surface area contributed by atoms with Crippen LogP contribution in [0.2, 0.25) is 0 Å². The summed E-state index contributed by atoms with van der Waals surface area (Å²) in [7, 11) is 0. The molecule has 52 valence electrons. The maximum absolute atomic E-state index is 10.7. The Hall–Kier alpha value is -0.620. The van der Waals surface area contributed by atoms with Crippen LogP contribution in [0.4, 0.5) is 13.2 Å². The highest BCUT2D eigenvalue weighted by Gasteiger charge is 2.19. The molecule has 0 aromatic carbocycles. The van der Waals surface area contributed by atoms with Crippen molar-refractivity contribution >= 4 is 11.6 Å². The third kappa shape index (κ3) is 37.7. The highest BCUT2D eigenvalue weighted by atomic mass is 35.5. The molecule has 0 aromatic heterocycles. The highest BCUT2D eigenvalue weighted by molar-refractivity contribution is 6.29. The van der Waals surface area contributed by atoms with Crippen LogP contribution in [0.25, 0.3) is 0 Å². The van der Waals surface area contributed by atoms with Crippen LogP contribution in [-0.4, -0.2) is 6.18 Å². The summed E-state index contributed by atoms with van der Waals surface area (Å²) < 4.78 is 32.0. The Morgan fingerprint density at radius 2 is 1.67 bits per heavy atom. The van der Waals surface area contributed by atoms with Gasteiger partial charge in [-0.15, -0.1) is 6.42 Å². The summed E-state index contributed by atoms with van der Waals surface area (Å²) in [5.74, 6) is 0. The Bertz CT molecular complexity index is 108. The Morgan fingerprint density at radius 3 is 1.67 bits per heavy atom. The summed E-state index contributed by atoms with van der Waals surface area (Å²) in [5.41, 5.74) is 0. The zero-order valence-electron chi connectivity index (χ0n) is 4.37. The van der Waals surface area contributed by atoms with E-state index in [1.165, 1.54) is 0 Å². The number of hydrogen-bond acceptors (Lipinski definition) is 0. The van der Waals surface area contributed by atoms with Crippen molar-refractivity contribution in [2.24, 2.45) is 0 Å². The van der Waals surface area contributed by atoms with Gasteiger partial charge in [0.1, 0.15) is 0 Å². The van der Waals surface area contributed by atoms with Crippen LogP contribution in [0.15, 0.2) is 12.7 Å². The molecule has 0 amide bonds. The molecule has 0 nitrogen and oxygen atoms in total. The fourth-order valence-corrected chi connectivity index (χ4v) is 0. The van der Waals surface area contributed by atoms with Crippen molar-refractivity contribution in [1.29, 1.82) is 0 Å². The molecule has 0 aliphatic heterocycles. The first-order valence-electron chi connectivity index (χ1n) is 1.74. The van der Waals surface area contributed by atoms with E-state index in [0.29, 0.717) is 0 Å². The molecule has 0 N–H and O–H groups in total. The molecule has 0 rings (SSSR count). The van der Waals surface area contributed by atoms with E-state index in [2.05, 4.69) is 24.6 Å². The summed E-state index contributed by atoms with van der Waals surface area (Å²) in [6.07, 6.45) is 0.106. The van der Waals surface area contributed by atoms with Crippen molar-refractivity contribution in [3.05, 3.63) is 12.7 Å². The quantitative estimate of drug-likeness (QED) is 0.374. The predicted octanol–water partition coefficient (Wildman–Crippen LogP) is 2.55. The van der Waals surface area contributed by atoms with Crippen LogP contribution < -0.4 is 0 Å². The van der Waals surface area contributed by atoms with Gasteiger partial charge in [0.05, 0.1) is 0 Å². The molecule has 0 aliphatic carbocycles. The molecule has 0 aliphatic rings. The van der Waals surface area contributed by atoms with Crippen molar-refractivity contribution < 1.29 is 13.2 Å². The third-order valence-electron chi connectivity index (χ3n) is 0.231.